The van der Waals surface area contributed by atoms with Crippen molar-refractivity contribution >= 4 is 23.9 Å². The third-order valence-corrected chi connectivity index (χ3v) is 3.12. The highest BCUT2D eigenvalue weighted by Crippen LogP contribution is 2.11. The fourth-order valence-electron chi connectivity index (χ4n) is 2.04. The number of rotatable bonds is 5. The van der Waals surface area contributed by atoms with Gasteiger partial charge in [-0.25, -0.2) is 9.59 Å². The maximum absolute atomic E-state index is 12.4. The first kappa shape index (κ1) is 23.9. The van der Waals surface area contributed by atoms with Gasteiger partial charge in [-0.1, -0.05) is 18.2 Å². The van der Waals surface area contributed by atoms with Gasteiger partial charge in [0, 0.05) is 5.56 Å². The second-order valence-electron chi connectivity index (χ2n) is 8.30. The van der Waals surface area contributed by atoms with Crippen LogP contribution >= 0.6 is 0 Å². The molecule has 3 N–H and O–H groups in total. The Bertz CT molecular complexity index is 735. The molecule has 9 heteroatoms. The summed E-state index contributed by atoms with van der Waals surface area (Å²) in [6, 6.07) is 6.98. The SMILES string of the molecule is CC(C)(C)OC(=O)N[C@@H](CC(=O)NNC(=O)c1ccccc1)C(=O)OC(C)(C)C. The van der Waals surface area contributed by atoms with E-state index in [1.54, 1.807) is 71.9 Å². The molecule has 0 saturated heterocycles. The molecule has 0 bridgehead atoms. The molecule has 1 aromatic rings. The quantitative estimate of drug-likeness (QED) is 0.507. The van der Waals surface area contributed by atoms with Gasteiger partial charge < -0.3 is 14.8 Å². The maximum Gasteiger partial charge on any atom is 0.408 e. The number of amides is 3. The Morgan fingerprint density at radius 1 is 0.862 bits per heavy atom. The molecule has 0 aliphatic carbocycles. The van der Waals surface area contributed by atoms with Crippen molar-refractivity contribution in [3.63, 3.8) is 0 Å². The summed E-state index contributed by atoms with van der Waals surface area (Å²) in [5, 5.41) is 2.34. The van der Waals surface area contributed by atoms with Gasteiger partial charge in [0.05, 0.1) is 6.42 Å². The Kier molecular flexibility index (Phi) is 8.17. The zero-order valence-electron chi connectivity index (χ0n) is 17.6. The summed E-state index contributed by atoms with van der Waals surface area (Å²) >= 11 is 0. The van der Waals surface area contributed by atoms with E-state index in [1.165, 1.54) is 0 Å². The van der Waals surface area contributed by atoms with Crippen LogP contribution in [0.3, 0.4) is 0 Å². The van der Waals surface area contributed by atoms with Crippen LogP contribution in [0.4, 0.5) is 4.79 Å². The van der Waals surface area contributed by atoms with Crippen LogP contribution in [0.2, 0.25) is 0 Å². The Balaban J connectivity index is 2.73. The second kappa shape index (κ2) is 9.90. The van der Waals surface area contributed by atoms with Crippen molar-refractivity contribution in [1.82, 2.24) is 16.2 Å². The number of hydrogen-bond acceptors (Lipinski definition) is 6. The Hall–Kier alpha value is -3.10. The van der Waals surface area contributed by atoms with E-state index < -0.39 is 47.5 Å². The van der Waals surface area contributed by atoms with Crippen molar-refractivity contribution in [3.8, 4) is 0 Å². The first-order valence-electron chi connectivity index (χ1n) is 9.13. The molecular formula is C20H29N3O6. The summed E-state index contributed by atoms with van der Waals surface area (Å²) in [4.78, 5) is 48.6. The lowest BCUT2D eigenvalue weighted by Gasteiger charge is -2.26. The number of carbonyl (C=O) groups is 4. The van der Waals surface area contributed by atoms with Crippen molar-refractivity contribution < 1.29 is 28.7 Å². The molecule has 1 aromatic carbocycles. The standard InChI is InChI=1S/C20H29N3O6/c1-19(2,3)28-17(26)14(21-18(27)29-20(4,5)6)12-15(24)22-23-16(25)13-10-8-7-9-11-13/h7-11,14H,12H2,1-6H3,(H,21,27)(H,22,24)(H,23,25)/t14-/m0/s1. The Morgan fingerprint density at radius 2 is 1.41 bits per heavy atom. The first-order chi connectivity index (χ1) is 13.3. The van der Waals surface area contributed by atoms with Gasteiger partial charge in [0.1, 0.15) is 17.2 Å². The number of alkyl carbamates (subject to hydrolysis) is 1. The monoisotopic (exact) mass is 407 g/mol. The maximum atomic E-state index is 12.4. The second-order valence-corrected chi connectivity index (χ2v) is 8.30. The van der Waals surface area contributed by atoms with Crippen molar-refractivity contribution in [2.45, 2.75) is 65.2 Å². The van der Waals surface area contributed by atoms with Gasteiger partial charge in [-0.3, -0.25) is 20.4 Å². The fourth-order valence-corrected chi connectivity index (χ4v) is 2.04. The summed E-state index contributed by atoms with van der Waals surface area (Å²) in [6.45, 7) is 9.99. The van der Waals surface area contributed by atoms with E-state index in [9.17, 15) is 19.2 Å². The van der Waals surface area contributed by atoms with Gasteiger partial charge in [0.25, 0.3) is 5.91 Å². The van der Waals surface area contributed by atoms with Crippen molar-refractivity contribution in [2.75, 3.05) is 0 Å². The van der Waals surface area contributed by atoms with Crippen molar-refractivity contribution in [2.24, 2.45) is 0 Å². The van der Waals surface area contributed by atoms with E-state index in [-0.39, 0.29) is 0 Å². The average molecular weight is 407 g/mol. The number of carbonyl (C=O) groups excluding carboxylic acids is 4. The zero-order chi connectivity index (χ0) is 22.2. The summed E-state index contributed by atoms with van der Waals surface area (Å²) in [5.41, 5.74) is 3.21. The number of benzene rings is 1. The molecule has 0 aromatic heterocycles. The highest BCUT2D eigenvalue weighted by molar-refractivity contribution is 5.96. The van der Waals surface area contributed by atoms with E-state index in [0.29, 0.717) is 5.56 Å². The molecule has 0 spiro atoms. The molecule has 3 amide bonds. The van der Waals surface area contributed by atoms with Crippen LogP contribution in [0.5, 0.6) is 0 Å². The third-order valence-electron chi connectivity index (χ3n) is 3.12. The highest BCUT2D eigenvalue weighted by atomic mass is 16.6. The summed E-state index contributed by atoms with van der Waals surface area (Å²) in [7, 11) is 0. The minimum absolute atomic E-state index is 0.350. The number of ether oxygens (including phenoxy) is 2. The summed E-state index contributed by atoms with van der Waals surface area (Å²) in [6.07, 6.45) is -1.32. The van der Waals surface area contributed by atoms with Crippen LogP contribution in [0.1, 0.15) is 58.3 Å². The molecule has 0 heterocycles. The highest BCUT2D eigenvalue weighted by Gasteiger charge is 2.30. The predicted octanol–water partition coefficient (Wildman–Crippen LogP) is 2.07. The van der Waals surface area contributed by atoms with Crippen LogP contribution in [-0.4, -0.2) is 41.1 Å². The third kappa shape index (κ3) is 10.1. The molecule has 0 unspecified atom stereocenters. The van der Waals surface area contributed by atoms with Gasteiger partial charge in [-0.15, -0.1) is 0 Å². The lowest BCUT2D eigenvalue weighted by molar-refractivity contribution is -0.158. The molecule has 0 saturated carbocycles. The number of nitrogens with one attached hydrogen (secondary N) is 3. The Labute approximate surface area is 170 Å². The van der Waals surface area contributed by atoms with Gasteiger partial charge in [0.2, 0.25) is 5.91 Å². The van der Waals surface area contributed by atoms with Gasteiger partial charge >= 0.3 is 12.1 Å². The topological polar surface area (TPSA) is 123 Å². The molecule has 1 atom stereocenters. The zero-order valence-corrected chi connectivity index (χ0v) is 17.6. The number of esters is 1. The molecular weight excluding hydrogens is 378 g/mol. The smallest absolute Gasteiger partial charge is 0.408 e. The van der Waals surface area contributed by atoms with E-state index in [4.69, 9.17) is 9.47 Å². The van der Waals surface area contributed by atoms with E-state index in [2.05, 4.69) is 16.2 Å². The molecule has 0 aliphatic heterocycles. The van der Waals surface area contributed by atoms with Gasteiger partial charge in [-0.05, 0) is 53.7 Å². The Morgan fingerprint density at radius 3 is 1.93 bits per heavy atom. The number of hydrogen-bond donors (Lipinski definition) is 3. The lowest BCUT2D eigenvalue weighted by atomic mass is 10.1. The minimum atomic E-state index is -1.29. The minimum Gasteiger partial charge on any atom is -0.458 e. The molecule has 0 aliphatic rings. The van der Waals surface area contributed by atoms with Crippen LogP contribution in [-0.2, 0) is 19.1 Å². The normalized spacial score (nSPS) is 12.3. The predicted molar refractivity (Wildman–Crippen MR) is 106 cm³/mol. The van der Waals surface area contributed by atoms with Crippen molar-refractivity contribution in [3.05, 3.63) is 35.9 Å². The molecule has 0 fully saturated rings. The fraction of sp³-hybridized carbons (Fsp3) is 0.500. The van der Waals surface area contributed by atoms with E-state index in [1.807, 2.05) is 0 Å². The van der Waals surface area contributed by atoms with Gasteiger partial charge in [0.15, 0.2) is 0 Å². The molecule has 1 rings (SSSR count). The van der Waals surface area contributed by atoms with Crippen LogP contribution in [0.15, 0.2) is 30.3 Å². The lowest BCUT2D eigenvalue weighted by Crippen LogP contribution is -2.50. The summed E-state index contributed by atoms with van der Waals surface area (Å²) < 4.78 is 10.4. The van der Waals surface area contributed by atoms with Crippen molar-refractivity contribution in [1.29, 1.82) is 0 Å². The van der Waals surface area contributed by atoms with Crippen LogP contribution in [0.25, 0.3) is 0 Å². The molecule has 160 valence electrons. The number of hydrazine groups is 1. The van der Waals surface area contributed by atoms with E-state index in [0.717, 1.165) is 0 Å². The molecule has 29 heavy (non-hydrogen) atoms. The van der Waals surface area contributed by atoms with Crippen LogP contribution in [0, 0.1) is 0 Å². The molecule has 0 radical (unpaired) electrons. The van der Waals surface area contributed by atoms with Gasteiger partial charge in [-0.2, -0.15) is 0 Å². The largest absolute Gasteiger partial charge is 0.458 e. The van der Waals surface area contributed by atoms with Crippen LogP contribution < -0.4 is 16.2 Å². The first-order valence-corrected chi connectivity index (χ1v) is 9.13. The summed E-state index contributed by atoms with van der Waals surface area (Å²) in [5.74, 6) is -2.01. The van der Waals surface area contributed by atoms with E-state index >= 15 is 0 Å². The molecule has 9 nitrogen and oxygen atoms in total. The average Bonchev–Trinajstić information content (AvgIpc) is 2.56.